The lowest BCUT2D eigenvalue weighted by Crippen LogP contribution is -2.21. The highest BCUT2D eigenvalue weighted by Gasteiger charge is 2.22. The van der Waals surface area contributed by atoms with Gasteiger partial charge in [0.05, 0.1) is 12.2 Å². The standard InChI is InChI=1S/C17H25NO2/c19-16-7-5-15(6-8-16)14-3-1-13(2-4-14)11-18-10-9-17(20)12-18/h1-4,15-17,19-20H,5-12H2. The largest absolute Gasteiger partial charge is 0.393 e. The summed E-state index contributed by atoms with van der Waals surface area (Å²) in [5.41, 5.74) is 2.75. The molecule has 1 heterocycles. The van der Waals surface area contributed by atoms with Gasteiger partial charge in [0.15, 0.2) is 0 Å². The molecule has 0 spiro atoms. The molecule has 3 nitrogen and oxygen atoms in total. The molecule has 0 radical (unpaired) electrons. The van der Waals surface area contributed by atoms with E-state index in [0.29, 0.717) is 5.92 Å². The van der Waals surface area contributed by atoms with Crippen LogP contribution >= 0.6 is 0 Å². The van der Waals surface area contributed by atoms with Crippen molar-refractivity contribution in [3.05, 3.63) is 35.4 Å². The number of hydrogen-bond donors (Lipinski definition) is 2. The first-order chi connectivity index (χ1) is 9.70. The smallest absolute Gasteiger partial charge is 0.0679 e. The molecule has 1 saturated heterocycles. The highest BCUT2D eigenvalue weighted by Crippen LogP contribution is 2.32. The number of aliphatic hydroxyl groups is 2. The van der Waals surface area contributed by atoms with Gasteiger partial charge in [-0.3, -0.25) is 4.90 Å². The summed E-state index contributed by atoms with van der Waals surface area (Å²) in [5, 5.41) is 19.1. The second kappa shape index (κ2) is 6.25. The van der Waals surface area contributed by atoms with E-state index >= 15 is 0 Å². The molecular formula is C17H25NO2. The van der Waals surface area contributed by atoms with Crippen molar-refractivity contribution in [2.75, 3.05) is 13.1 Å². The maximum atomic E-state index is 9.57. The minimum atomic E-state index is -0.136. The average Bonchev–Trinajstić information content (AvgIpc) is 2.86. The Morgan fingerprint density at radius 1 is 0.900 bits per heavy atom. The summed E-state index contributed by atoms with van der Waals surface area (Å²) in [6.45, 7) is 2.76. The third-order valence-electron chi connectivity index (χ3n) is 4.80. The monoisotopic (exact) mass is 275 g/mol. The van der Waals surface area contributed by atoms with Gasteiger partial charge in [-0.25, -0.2) is 0 Å². The molecule has 0 bridgehead atoms. The molecule has 1 aromatic carbocycles. The first kappa shape index (κ1) is 14.1. The summed E-state index contributed by atoms with van der Waals surface area (Å²) < 4.78 is 0. The van der Waals surface area contributed by atoms with Crippen molar-refractivity contribution in [2.24, 2.45) is 0 Å². The van der Waals surface area contributed by atoms with Crippen LogP contribution < -0.4 is 0 Å². The van der Waals surface area contributed by atoms with Gasteiger partial charge < -0.3 is 10.2 Å². The molecular weight excluding hydrogens is 250 g/mol. The van der Waals surface area contributed by atoms with Crippen LogP contribution in [0.3, 0.4) is 0 Å². The summed E-state index contributed by atoms with van der Waals surface area (Å²) in [6.07, 6.45) is 4.80. The molecule has 2 aliphatic rings. The molecule has 1 aromatic rings. The number of rotatable bonds is 3. The average molecular weight is 275 g/mol. The van der Waals surface area contributed by atoms with Crippen LogP contribution in [0.4, 0.5) is 0 Å². The Labute approximate surface area is 121 Å². The molecule has 1 saturated carbocycles. The van der Waals surface area contributed by atoms with Gasteiger partial charge in [0, 0.05) is 19.6 Å². The predicted octanol–water partition coefficient (Wildman–Crippen LogP) is 2.27. The SMILES string of the molecule is OC1CCC(c2ccc(CN3CCC(O)C3)cc2)CC1. The van der Waals surface area contributed by atoms with Gasteiger partial charge in [-0.05, 0) is 49.1 Å². The third kappa shape index (κ3) is 3.40. The van der Waals surface area contributed by atoms with Crippen molar-refractivity contribution < 1.29 is 10.2 Å². The van der Waals surface area contributed by atoms with Gasteiger partial charge in [-0.2, -0.15) is 0 Å². The quantitative estimate of drug-likeness (QED) is 0.889. The minimum Gasteiger partial charge on any atom is -0.393 e. The van der Waals surface area contributed by atoms with E-state index in [-0.39, 0.29) is 12.2 Å². The van der Waals surface area contributed by atoms with Crippen LogP contribution in [0.25, 0.3) is 0 Å². The normalized spacial score (nSPS) is 31.6. The number of β-amino-alcohol motifs (C(OH)–C–C–N with tert-alkyl or cyclic N) is 1. The molecule has 0 aromatic heterocycles. The van der Waals surface area contributed by atoms with Crippen molar-refractivity contribution in [1.82, 2.24) is 4.90 Å². The molecule has 3 rings (SSSR count). The van der Waals surface area contributed by atoms with Gasteiger partial charge in [-0.15, -0.1) is 0 Å². The van der Waals surface area contributed by atoms with Gasteiger partial charge in [-0.1, -0.05) is 24.3 Å². The number of hydrogen-bond acceptors (Lipinski definition) is 3. The first-order valence-electron chi connectivity index (χ1n) is 7.88. The fourth-order valence-corrected chi connectivity index (χ4v) is 3.52. The molecule has 110 valence electrons. The van der Waals surface area contributed by atoms with Crippen LogP contribution in [0, 0.1) is 0 Å². The zero-order valence-electron chi connectivity index (χ0n) is 12.0. The van der Waals surface area contributed by atoms with E-state index in [1.807, 2.05) is 0 Å². The second-order valence-corrected chi connectivity index (χ2v) is 6.42. The van der Waals surface area contributed by atoms with E-state index in [1.165, 1.54) is 11.1 Å². The Morgan fingerprint density at radius 2 is 1.60 bits per heavy atom. The number of aliphatic hydroxyl groups excluding tert-OH is 2. The maximum absolute atomic E-state index is 9.57. The lowest BCUT2D eigenvalue weighted by Gasteiger charge is -2.26. The van der Waals surface area contributed by atoms with Gasteiger partial charge in [0.25, 0.3) is 0 Å². The molecule has 1 aliphatic carbocycles. The lowest BCUT2D eigenvalue weighted by molar-refractivity contribution is 0.122. The van der Waals surface area contributed by atoms with Crippen LogP contribution in [0.1, 0.15) is 49.1 Å². The van der Waals surface area contributed by atoms with Crippen molar-refractivity contribution >= 4 is 0 Å². The van der Waals surface area contributed by atoms with Crippen LogP contribution in [-0.2, 0) is 6.54 Å². The van der Waals surface area contributed by atoms with Gasteiger partial charge in [0.2, 0.25) is 0 Å². The Morgan fingerprint density at radius 3 is 2.20 bits per heavy atom. The van der Waals surface area contributed by atoms with E-state index in [0.717, 1.165) is 51.7 Å². The summed E-state index contributed by atoms with van der Waals surface area (Å²) >= 11 is 0. The van der Waals surface area contributed by atoms with Crippen LogP contribution in [0.5, 0.6) is 0 Å². The van der Waals surface area contributed by atoms with E-state index in [1.54, 1.807) is 0 Å². The Hall–Kier alpha value is -0.900. The maximum Gasteiger partial charge on any atom is 0.0679 e. The molecule has 20 heavy (non-hydrogen) atoms. The Bertz CT molecular complexity index is 423. The first-order valence-corrected chi connectivity index (χ1v) is 7.88. The molecule has 3 heteroatoms. The fraction of sp³-hybridized carbons (Fsp3) is 0.647. The van der Waals surface area contributed by atoms with Crippen LogP contribution in [-0.4, -0.2) is 40.4 Å². The van der Waals surface area contributed by atoms with Gasteiger partial charge >= 0.3 is 0 Å². The summed E-state index contributed by atoms with van der Waals surface area (Å²) in [6, 6.07) is 8.96. The molecule has 1 atom stereocenters. The van der Waals surface area contributed by atoms with Crippen molar-refractivity contribution in [3.8, 4) is 0 Å². The predicted molar refractivity (Wildman–Crippen MR) is 79.6 cm³/mol. The molecule has 1 unspecified atom stereocenters. The second-order valence-electron chi connectivity index (χ2n) is 6.42. The number of benzene rings is 1. The highest BCUT2D eigenvalue weighted by atomic mass is 16.3. The summed E-state index contributed by atoms with van der Waals surface area (Å²) in [5.74, 6) is 0.626. The number of likely N-dealkylation sites (tertiary alicyclic amines) is 1. The highest BCUT2D eigenvalue weighted by molar-refractivity contribution is 5.26. The van der Waals surface area contributed by atoms with Crippen LogP contribution in [0.2, 0.25) is 0 Å². The Kier molecular flexibility index (Phi) is 4.39. The summed E-state index contributed by atoms with van der Waals surface area (Å²) in [7, 11) is 0. The third-order valence-corrected chi connectivity index (χ3v) is 4.80. The summed E-state index contributed by atoms with van der Waals surface area (Å²) in [4.78, 5) is 2.32. The van der Waals surface area contributed by atoms with Crippen molar-refractivity contribution in [1.29, 1.82) is 0 Å². The van der Waals surface area contributed by atoms with E-state index in [4.69, 9.17) is 0 Å². The molecule has 0 amide bonds. The zero-order valence-corrected chi connectivity index (χ0v) is 12.0. The van der Waals surface area contributed by atoms with Crippen LogP contribution in [0.15, 0.2) is 24.3 Å². The fourth-order valence-electron chi connectivity index (χ4n) is 3.52. The van der Waals surface area contributed by atoms with E-state index in [2.05, 4.69) is 29.2 Å². The van der Waals surface area contributed by atoms with Crippen molar-refractivity contribution in [2.45, 2.75) is 56.8 Å². The van der Waals surface area contributed by atoms with Gasteiger partial charge in [0.1, 0.15) is 0 Å². The number of nitrogens with zero attached hydrogens (tertiary/aromatic N) is 1. The topological polar surface area (TPSA) is 43.7 Å². The minimum absolute atomic E-state index is 0.0767. The molecule has 1 aliphatic heterocycles. The Balaban J connectivity index is 1.57. The zero-order chi connectivity index (χ0) is 13.9. The van der Waals surface area contributed by atoms with E-state index in [9.17, 15) is 10.2 Å². The molecule has 2 fully saturated rings. The molecule has 2 N–H and O–H groups in total. The van der Waals surface area contributed by atoms with E-state index < -0.39 is 0 Å². The lowest BCUT2D eigenvalue weighted by atomic mass is 9.82. The van der Waals surface area contributed by atoms with Crippen molar-refractivity contribution in [3.63, 3.8) is 0 Å².